The molecule has 1 aliphatic rings. The van der Waals surface area contributed by atoms with Gasteiger partial charge in [-0.3, -0.25) is 9.59 Å². The molecule has 0 fully saturated rings. The van der Waals surface area contributed by atoms with Gasteiger partial charge in [-0.05, 0) is 25.1 Å². The minimum absolute atomic E-state index is 0.139. The molecule has 0 unspecified atom stereocenters. The van der Waals surface area contributed by atoms with Crippen LogP contribution in [-0.2, 0) is 4.79 Å². The van der Waals surface area contributed by atoms with Gasteiger partial charge in [0.2, 0.25) is 0 Å². The normalized spacial score (nSPS) is 15.4. The van der Waals surface area contributed by atoms with Crippen LogP contribution in [0.1, 0.15) is 21.5 Å². The molecule has 2 aromatic carbocycles. The maximum Gasteiger partial charge on any atom is 0.258 e. The van der Waals surface area contributed by atoms with E-state index in [4.69, 9.17) is 0 Å². The highest BCUT2D eigenvalue weighted by Gasteiger charge is 2.30. The van der Waals surface area contributed by atoms with Crippen LogP contribution in [0.15, 0.2) is 54.6 Å². The first-order chi connectivity index (χ1) is 10.1. The van der Waals surface area contributed by atoms with Gasteiger partial charge in [-0.15, -0.1) is 0 Å². The number of anilines is 1. The van der Waals surface area contributed by atoms with E-state index >= 15 is 0 Å². The predicted octanol–water partition coefficient (Wildman–Crippen LogP) is 3.24. The molecule has 1 amide bonds. The molecule has 0 N–H and O–H groups in total. The molecule has 0 bridgehead atoms. The SMILES string of the molecule is Cc1ccc2c(c1)C(=CC(=O)c1ccccc1)C(=O)N2C. The van der Waals surface area contributed by atoms with Crippen molar-refractivity contribution in [1.82, 2.24) is 0 Å². The zero-order chi connectivity index (χ0) is 15.0. The summed E-state index contributed by atoms with van der Waals surface area (Å²) in [6, 6.07) is 14.8. The van der Waals surface area contributed by atoms with Crippen LogP contribution in [0.3, 0.4) is 0 Å². The number of rotatable bonds is 2. The van der Waals surface area contributed by atoms with Gasteiger partial charge in [-0.2, -0.15) is 0 Å². The Morgan fingerprint density at radius 2 is 1.81 bits per heavy atom. The molecule has 0 spiro atoms. The highest BCUT2D eigenvalue weighted by molar-refractivity contribution is 6.35. The van der Waals surface area contributed by atoms with Gasteiger partial charge < -0.3 is 4.90 Å². The number of nitrogens with zero attached hydrogens (tertiary/aromatic N) is 1. The number of aryl methyl sites for hydroxylation is 1. The Morgan fingerprint density at radius 1 is 1.10 bits per heavy atom. The van der Waals surface area contributed by atoms with E-state index in [2.05, 4.69) is 0 Å². The fourth-order valence-corrected chi connectivity index (χ4v) is 2.52. The minimum Gasteiger partial charge on any atom is -0.311 e. The summed E-state index contributed by atoms with van der Waals surface area (Å²) in [5, 5.41) is 0. The second-order valence-electron chi connectivity index (χ2n) is 5.17. The lowest BCUT2D eigenvalue weighted by atomic mass is 10.0. The number of amides is 1. The molecule has 3 rings (SSSR count). The predicted molar refractivity (Wildman–Crippen MR) is 83.3 cm³/mol. The van der Waals surface area contributed by atoms with E-state index in [-0.39, 0.29) is 11.7 Å². The molecule has 0 saturated carbocycles. The quantitative estimate of drug-likeness (QED) is 0.624. The number of hydrogen-bond donors (Lipinski definition) is 0. The van der Waals surface area contributed by atoms with Crippen molar-refractivity contribution in [2.24, 2.45) is 0 Å². The van der Waals surface area contributed by atoms with E-state index in [1.807, 2.05) is 43.3 Å². The third-order valence-electron chi connectivity index (χ3n) is 3.67. The van der Waals surface area contributed by atoms with E-state index in [0.29, 0.717) is 11.1 Å². The summed E-state index contributed by atoms with van der Waals surface area (Å²) < 4.78 is 0. The number of allylic oxidation sites excluding steroid dienone is 1. The lowest BCUT2D eigenvalue weighted by Crippen LogP contribution is -2.20. The Hall–Kier alpha value is -2.68. The molecule has 2 aromatic rings. The molecule has 0 saturated heterocycles. The second kappa shape index (κ2) is 5.02. The van der Waals surface area contributed by atoms with Crippen LogP contribution in [0.5, 0.6) is 0 Å². The second-order valence-corrected chi connectivity index (χ2v) is 5.17. The molecule has 1 heterocycles. The van der Waals surface area contributed by atoms with Gasteiger partial charge in [0.1, 0.15) is 0 Å². The van der Waals surface area contributed by atoms with Crippen molar-refractivity contribution in [3.63, 3.8) is 0 Å². The highest BCUT2D eigenvalue weighted by Crippen LogP contribution is 2.36. The van der Waals surface area contributed by atoms with Gasteiger partial charge in [0.25, 0.3) is 5.91 Å². The van der Waals surface area contributed by atoms with E-state index in [9.17, 15) is 9.59 Å². The van der Waals surface area contributed by atoms with Crippen molar-refractivity contribution in [3.8, 4) is 0 Å². The van der Waals surface area contributed by atoms with E-state index in [1.54, 1.807) is 24.1 Å². The maximum absolute atomic E-state index is 12.3. The summed E-state index contributed by atoms with van der Waals surface area (Å²) in [5.74, 6) is -0.290. The van der Waals surface area contributed by atoms with Gasteiger partial charge in [0.05, 0.1) is 11.3 Å². The standard InChI is InChI=1S/C18H15NO2/c1-12-8-9-16-14(10-12)15(18(21)19(16)2)11-17(20)13-6-4-3-5-7-13/h3-11H,1-2H3. The van der Waals surface area contributed by atoms with Crippen molar-refractivity contribution in [2.75, 3.05) is 11.9 Å². The van der Waals surface area contributed by atoms with E-state index in [0.717, 1.165) is 16.8 Å². The molecule has 3 nitrogen and oxygen atoms in total. The summed E-state index contributed by atoms with van der Waals surface area (Å²) in [6.07, 6.45) is 1.44. The largest absolute Gasteiger partial charge is 0.311 e. The summed E-state index contributed by atoms with van der Waals surface area (Å²) in [7, 11) is 1.73. The number of ketones is 1. The smallest absolute Gasteiger partial charge is 0.258 e. The molecule has 0 atom stereocenters. The first-order valence-electron chi connectivity index (χ1n) is 6.78. The number of hydrogen-bond acceptors (Lipinski definition) is 2. The van der Waals surface area contributed by atoms with E-state index < -0.39 is 0 Å². The lowest BCUT2D eigenvalue weighted by molar-refractivity contribution is -0.112. The number of carbonyl (C=O) groups is 2. The Kier molecular flexibility index (Phi) is 3.18. The van der Waals surface area contributed by atoms with Gasteiger partial charge in [0.15, 0.2) is 5.78 Å². The monoisotopic (exact) mass is 277 g/mol. The summed E-state index contributed by atoms with van der Waals surface area (Å²) in [5.41, 5.74) is 3.78. The average Bonchev–Trinajstić information content (AvgIpc) is 2.73. The number of carbonyl (C=O) groups excluding carboxylic acids is 2. The minimum atomic E-state index is -0.151. The lowest BCUT2D eigenvalue weighted by Gasteiger charge is -2.08. The van der Waals surface area contributed by atoms with Crippen LogP contribution in [0.2, 0.25) is 0 Å². The van der Waals surface area contributed by atoms with Crippen LogP contribution in [0.4, 0.5) is 5.69 Å². The first kappa shape index (κ1) is 13.3. The zero-order valence-electron chi connectivity index (χ0n) is 12.0. The molecule has 0 aromatic heterocycles. The highest BCUT2D eigenvalue weighted by atomic mass is 16.2. The topological polar surface area (TPSA) is 37.4 Å². The number of likely N-dealkylation sites (N-methyl/N-ethyl adjacent to an activating group) is 1. The van der Waals surface area contributed by atoms with Crippen molar-refractivity contribution in [3.05, 3.63) is 71.3 Å². The molecular weight excluding hydrogens is 262 g/mol. The van der Waals surface area contributed by atoms with Gasteiger partial charge >= 0.3 is 0 Å². The van der Waals surface area contributed by atoms with Crippen LogP contribution < -0.4 is 4.90 Å². The molecule has 3 heteroatoms. The Labute approximate surface area is 123 Å². The van der Waals surface area contributed by atoms with Gasteiger partial charge in [0, 0.05) is 18.2 Å². The summed E-state index contributed by atoms with van der Waals surface area (Å²) >= 11 is 0. The Balaban J connectivity index is 2.07. The molecular formula is C18H15NO2. The average molecular weight is 277 g/mol. The fourth-order valence-electron chi connectivity index (χ4n) is 2.52. The molecule has 104 valence electrons. The fraction of sp³-hybridized carbons (Fsp3) is 0.111. The number of fused-ring (bicyclic) bond motifs is 1. The Morgan fingerprint density at radius 3 is 2.52 bits per heavy atom. The third-order valence-corrected chi connectivity index (χ3v) is 3.67. The summed E-state index contributed by atoms with van der Waals surface area (Å²) in [6.45, 7) is 1.97. The maximum atomic E-state index is 12.3. The van der Waals surface area contributed by atoms with Crippen LogP contribution in [-0.4, -0.2) is 18.7 Å². The molecule has 21 heavy (non-hydrogen) atoms. The van der Waals surface area contributed by atoms with Crippen LogP contribution in [0.25, 0.3) is 5.57 Å². The van der Waals surface area contributed by atoms with Gasteiger partial charge in [-0.25, -0.2) is 0 Å². The van der Waals surface area contributed by atoms with Crippen molar-refractivity contribution >= 4 is 23.0 Å². The van der Waals surface area contributed by atoms with Crippen LogP contribution >= 0.6 is 0 Å². The molecule has 1 aliphatic heterocycles. The first-order valence-corrected chi connectivity index (χ1v) is 6.78. The summed E-state index contributed by atoms with van der Waals surface area (Å²) in [4.78, 5) is 26.2. The Bertz CT molecular complexity index is 760. The third kappa shape index (κ3) is 2.27. The van der Waals surface area contributed by atoms with Crippen molar-refractivity contribution < 1.29 is 9.59 Å². The molecule has 0 radical (unpaired) electrons. The van der Waals surface area contributed by atoms with Crippen LogP contribution in [0, 0.1) is 6.92 Å². The van der Waals surface area contributed by atoms with Crippen molar-refractivity contribution in [1.29, 1.82) is 0 Å². The van der Waals surface area contributed by atoms with Crippen molar-refractivity contribution in [2.45, 2.75) is 6.92 Å². The molecule has 0 aliphatic carbocycles. The number of benzene rings is 2. The van der Waals surface area contributed by atoms with E-state index in [1.165, 1.54) is 6.08 Å². The van der Waals surface area contributed by atoms with Gasteiger partial charge in [-0.1, -0.05) is 42.0 Å². The zero-order valence-corrected chi connectivity index (χ0v) is 12.0.